The average molecular weight is 392 g/mol. The summed E-state index contributed by atoms with van der Waals surface area (Å²) in [5.41, 5.74) is 0.876. The number of rotatable bonds is 6. The molecule has 0 aromatic carbocycles. The molecule has 146 valence electrons. The lowest BCUT2D eigenvalue weighted by molar-refractivity contribution is -0.155. The molecule has 27 heavy (non-hydrogen) atoms. The predicted molar refractivity (Wildman–Crippen MR) is 100 cm³/mol. The molecule has 1 saturated heterocycles. The van der Waals surface area contributed by atoms with E-state index in [-0.39, 0.29) is 17.6 Å². The summed E-state index contributed by atoms with van der Waals surface area (Å²) in [5.74, 6) is 1.27. The third kappa shape index (κ3) is 4.18. The van der Waals surface area contributed by atoms with Gasteiger partial charge in [-0.05, 0) is 39.2 Å². The van der Waals surface area contributed by atoms with Crippen molar-refractivity contribution < 1.29 is 18.7 Å². The number of hydrogen-bond acceptors (Lipinski definition) is 7. The van der Waals surface area contributed by atoms with E-state index in [1.165, 1.54) is 11.8 Å². The number of amides is 1. The second-order valence-corrected chi connectivity index (χ2v) is 7.34. The van der Waals surface area contributed by atoms with E-state index >= 15 is 0 Å². The number of hydrogen-bond donors (Lipinski definition) is 0. The molecule has 0 spiro atoms. The molecule has 0 aliphatic carbocycles. The summed E-state index contributed by atoms with van der Waals surface area (Å²) in [4.78, 5) is 26.5. The number of furan rings is 1. The van der Waals surface area contributed by atoms with Crippen LogP contribution in [0.5, 0.6) is 0 Å². The third-order valence-electron chi connectivity index (χ3n) is 4.64. The predicted octanol–water partition coefficient (Wildman–Crippen LogP) is 2.42. The second kappa shape index (κ2) is 8.60. The molecule has 9 heteroatoms. The molecule has 0 radical (unpaired) electrons. The number of piperidine rings is 1. The number of nitrogens with zero attached hydrogens (tertiary/aromatic N) is 4. The Bertz CT molecular complexity index is 816. The van der Waals surface area contributed by atoms with Crippen LogP contribution in [0.4, 0.5) is 0 Å². The van der Waals surface area contributed by atoms with Crippen molar-refractivity contribution >= 4 is 23.6 Å². The molecule has 1 aliphatic heterocycles. The van der Waals surface area contributed by atoms with Crippen LogP contribution in [0.15, 0.2) is 21.9 Å². The SMILES string of the molecule is CCOC(=O)C1CCCCN1C(=O)CSc1nnc(-c2ccoc2C)n1C. The largest absolute Gasteiger partial charge is 0.469 e. The van der Waals surface area contributed by atoms with E-state index in [0.717, 1.165) is 24.2 Å². The lowest BCUT2D eigenvalue weighted by Crippen LogP contribution is -2.49. The number of carbonyl (C=O) groups is 2. The maximum atomic E-state index is 12.7. The van der Waals surface area contributed by atoms with E-state index in [1.54, 1.807) is 18.1 Å². The molecular weight excluding hydrogens is 368 g/mol. The number of esters is 1. The van der Waals surface area contributed by atoms with Gasteiger partial charge >= 0.3 is 5.97 Å². The van der Waals surface area contributed by atoms with Gasteiger partial charge in [0, 0.05) is 13.6 Å². The van der Waals surface area contributed by atoms with Gasteiger partial charge < -0.3 is 18.6 Å². The summed E-state index contributed by atoms with van der Waals surface area (Å²) in [6, 6.07) is 1.37. The lowest BCUT2D eigenvalue weighted by Gasteiger charge is -2.33. The quantitative estimate of drug-likeness (QED) is 0.551. The van der Waals surface area contributed by atoms with Gasteiger partial charge in [0.1, 0.15) is 11.8 Å². The van der Waals surface area contributed by atoms with Crippen LogP contribution >= 0.6 is 11.8 Å². The average Bonchev–Trinajstić information content (AvgIpc) is 3.25. The van der Waals surface area contributed by atoms with Gasteiger partial charge in [-0.3, -0.25) is 4.79 Å². The molecule has 0 saturated carbocycles. The number of thioether (sulfide) groups is 1. The monoisotopic (exact) mass is 392 g/mol. The van der Waals surface area contributed by atoms with Crippen LogP contribution in [-0.2, 0) is 21.4 Å². The standard InChI is InChI=1S/C18H24N4O4S/c1-4-25-17(24)14-7-5-6-9-22(14)15(23)11-27-18-20-19-16(21(18)3)13-8-10-26-12(13)2/h8,10,14H,4-7,9,11H2,1-3H3. The molecule has 1 aliphatic rings. The van der Waals surface area contributed by atoms with Crippen molar-refractivity contribution in [1.29, 1.82) is 0 Å². The summed E-state index contributed by atoms with van der Waals surface area (Å²) in [7, 11) is 1.86. The third-order valence-corrected chi connectivity index (χ3v) is 5.65. The molecule has 1 atom stereocenters. The highest BCUT2D eigenvalue weighted by Crippen LogP contribution is 2.26. The molecule has 1 unspecified atom stereocenters. The molecule has 1 amide bonds. The zero-order chi connectivity index (χ0) is 19.4. The summed E-state index contributed by atoms with van der Waals surface area (Å²) < 4.78 is 12.3. The van der Waals surface area contributed by atoms with Crippen LogP contribution in [-0.4, -0.2) is 56.5 Å². The Labute approximate surface area is 162 Å². The van der Waals surface area contributed by atoms with Crippen molar-refractivity contribution in [2.45, 2.75) is 44.3 Å². The van der Waals surface area contributed by atoms with Crippen LogP contribution in [0, 0.1) is 6.92 Å². The summed E-state index contributed by atoms with van der Waals surface area (Å²) in [6.45, 7) is 4.55. The van der Waals surface area contributed by atoms with E-state index < -0.39 is 6.04 Å². The maximum absolute atomic E-state index is 12.7. The van der Waals surface area contributed by atoms with Crippen molar-refractivity contribution in [1.82, 2.24) is 19.7 Å². The van der Waals surface area contributed by atoms with Crippen LogP contribution in [0.25, 0.3) is 11.4 Å². The van der Waals surface area contributed by atoms with Crippen LogP contribution in [0.2, 0.25) is 0 Å². The van der Waals surface area contributed by atoms with Crippen molar-refractivity contribution in [3.05, 3.63) is 18.1 Å². The van der Waals surface area contributed by atoms with Gasteiger partial charge in [0.25, 0.3) is 0 Å². The summed E-state index contributed by atoms with van der Waals surface area (Å²) in [5, 5.41) is 9.04. The van der Waals surface area contributed by atoms with Gasteiger partial charge in [-0.2, -0.15) is 0 Å². The zero-order valence-corrected chi connectivity index (χ0v) is 16.6. The van der Waals surface area contributed by atoms with Gasteiger partial charge in [-0.25, -0.2) is 4.79 Å². The number of aromatic nitrogens is 3. The topological polar surface area (TPSA) is 90.5 Å². The fourth-order valence-electron chi connectivity index (χ4n) is 3.21. The smallest absolute Gasteiger partial charge is 0.328 e. The number of aryl methyl sites for hydroxylation is 1. The van der Waals surface area contributed by atoms with E-state index in [1.807, 2.05) is 24.6 Å². The van der Waals surface area contributed by atoms with Crippen LogP contribution < -0.4 is 0 Å². The minimum absolute atomic E-state index is 0.0817. The molecule has 3 heterocycles. The van der Waals surface area contributed by atoms with Crippen molar-refractivity contribution in [2.24, 2.45) is 7.05 Å². The van der Waals surface area contributed by atoms with Crippen molar-refractivity contribution in [3.8, 4) is 11.4 Å². The van der Waals surface area contributed by atoms with Crippen molar-refractivity contribution in [3.63, 3.8) is 0 Å². The molecule has 0 bridgehead atoms. The fraction of sp³-hybridized carbons (Fsp3) is 0.556. The summed E-state index contributed by atoms with van der Waals surface area (Å²) >= 11 is 1.32. The highest BCUT2D eigenvalue weighted by molar-refractivity contribution is 7.99. The van der Waals surface area contributed by atoms with E-state index in [0.29, 0.717) is 30.6 Å². The minimum atomic E-state index is -0.476. The Morgan fingerprint density at radius 1 is 1.37 bits per heavy atom. The first-order valence-corrected chi connectivity index (χ1v) is 10.0. The lowest BCUT2D eigenvalue weighted by atomic mass is 10.0. The Kier molecular flexibility index (Phi) is 6.20. The van der Waals surface area contributed by atoms with Crippen molar-refractivity contribution in [2.75, 3.05) is 18.9 Å². The van der Waals surface area contributed by atoms with Crippen LogP contribution in [0.3, 0.4) is 0 Å². The Morgan fingerprint density at radius 2 is 2.19 bits per heavy atom. The molecule has 2 aromatic rings. The highest BCUT2D eigenvalue weighted by Gasteiger charge is 2.33. The fourth-order valence-corrected chi connectivity index (χ4v) is 4.01. The molecule has 0 N–H and O–H groups in total. The van der Waals surface area contributed by atoms with E-state index in [2.05, 4.69) is 10.2 Å². The van der Waals surface area contributed by atoms with Crippen LogP contribution in [0.1, 0.15) is 31.9 Å². The highest BCUT2D eigenvalue weighted by atomic mass is 32.2. The molecule has 3 rings (SSSR count). The first-order chi connectivity index (χ1) is 13.0. The molecule has 1 fully saturated rings. The van der Waals surface area contributed by atoms with Gasteiger partial charge in [-0.15, -0.1) is 10.2 Å². The first-order valence-electron chi connectivity index (χ1n) is 9.05. The molecular formula is C18H24N4O4S. The Balaban J connectivity index is 1.66. The van der Waals surface area contributed by atoms with Gasteiger partial charge in [0.15, 0.2) is 11.0 Å². The number of ether oxygens (including phenoxy) is 1. The first kappa shape index (κ1) is 19.5. The zero-order valence-electron chi connectivity index (χ0n) is 15.8. The number of carbonyl (C=O) groups excluding carboxylic acids is 2. The van der Waals surface area contributed by atoms with Gasteiger partial charge in [0.05, 0.1) is 24.2 Å². The Hall–Kier alpha value is -2.29. The maximum Gasteiger partial charge on any atom is 0.328 e. The second-order valence-electron chi connectivity index (χ2n) is 6.40. The number of likely N-dealkylation sites (tertiary alicyclic amines) is 1. The van der Waals surface area contributed by atoms with Gasteiger partial charge in [-0.1, -0.05) is 11.8 Å². The van der Waals surface area contributed by atoms with Gasteiger partial charge in [0.2, 0.25) is 5.91 Å². The van der Waals surface area contributed by atoms with E-state index in [4.69, 9.17) is 9.15 Å². The molecule has 8 nitrogen and oxygen atoms in total. The Morgan fingerprint density at radius 3 is 2.89 bits per heavy atom. The normalized spacial score (nSPS) is 17.1. The molecule has 2 aromatic heterocycles. The minimum Gasteiger partial charge on any atom is -0.469 e. The van der Waals surface area contributed by atoms with E-state index in [9.17, 15) is 9.59 Å². The summed E-state index contributed by atoms with van der Waals surface area (Å²) in [6.07, 6.45) is 4.10.